The summed E-state index contributed by atoms with van der Waals surface area (Å²) in [5.41, 5.74) is 3.13. The Morgan fingerprint density at radius 3 is 2.43 bits per heavy atom. The van der Waals surface area contributed by atoms with Crippen LogP contribution in [0.5, 0.6) is 5.75 Å². The number of phenols is 1. The van der Waals surface area contributed by atoms with Gasteiger partial charge in [-0.3, -0.25) is 19.3 Å². The second kappa shape index (κ2) is 9.14. The minimum absolute atomic E-state index is 0.0564. The molecule has 0 aliphatic heterocycles. The quantitative estimate of drug-likeness (QED) is 0.351. The van der Waals surface area contributed by atoms with Gasteiger partial charge >= 0.3 is 0 Å². The number of halogens is 1. The van der Waals surface area contributed by atoms with Crippen LogP contribution >= 0.6 is 0 Å². The topological polar surface area (TPSA) is 165 Å². The van der Waals surface area contributed by atoms with Crippen LogP contribution in [0.25, 0.3) is 0 Å². The Kier molecular flexibility index (Phi) is 6.58. The number of benzene rings is 1. The largest absolute Gasteiger partial charge is 0.511 e. The van der Waals surface area contributed by atoms with Crippen molar-refractivity contribution in [1.29, 1.82) is 0 Å². The number of amides is 1. The van der Waals surface area contributed by atoms with E-state index in [0.717, 1.165) is 0 Å². The first-order chi connectivity index (χ1) is 17.2. The average molecular weight is 518 g/mol. The lowest BCUT2D eigenvalue weighted by Gasteiger charge is -2.46. The number of nitrogens with two attached hydrogens (primary N) is 1. The summed E-state index contributed by atoms with van der Waals surface area (Å²) in [5.74, 6) is -6.62. The van der Waals surface area contributed by atoms with Crippen molar-refractivity contribution < 1.29 is 39.2 Å². The molecular weight excluding hydrogens is 485 g/mol. The molecule has 10 nitrogen and oxygen atoms in total. The Bertz CT molecular complexity index is 1270. The molecule has 6 N–H and O–H groups in total. The van der Waals surface area contributed by atoms with E-state index in [0.29, 0.717) is 16.8 Å². The molecule has 0 spiro atoms. The average Bonchev–Trinajstić information content (AvgIpc) is 2.81. The van der Waals surface area contributed by atoms with E-state index >= 15 is 0 Å². The van der Waals surface area contributed by atoms with Crippen LogP contribution in [0.4, 0.5) is 10.1 Å². The predicted octanol–water partition coefficient (Wildman–Crippen LogP) is 1.44. The standard InChI is InChI=1S/C26H32FN3O7/c1-11(9-27)30(4)10-13-7-16(29(2)3)15-6-12-5-14-8-17(31)20(25(28)36)24(35)26(14,37)23(34)18(12)22(33)19(15)21(13)32/h7,11-12,14,31-32,34,37H,5-6,8-10H2,1-4H3,(H2,28,36)/t11?,12-,14+,26+/m1/s1. The number of aliphatic hydroxyl groups is 3. The van der Waals surface area contributed by atoms with Gasteiger partial charge in [-0.15, -0.1) is 0 Å². The molecule has 0 fully saturated rings. The highest BCUT2D eigenvalue weighted by molar-refractivity contribution is 6.24. The van der Waals surface area contributed by atoms with Crippen LogP contribution in [0.15, 0.2) is 28.7 Å². The number of fused-ring (bicyclic) bond motifs is 3. The summed E-state index contributed by atoms with van der Waals surface area (Å²) in [4.78, 5) is 42.2. The van der Waals surface area contributed by atoms with Crippen molar-refractivity contribution in [1.82, 2.24) is 4.90 Å². The molecule has 0 radical (unpaired) electrons. The van der Waals surface area contributed by atoms with Crippen LogP contribution in [0, 0.1) is 11.8 Å². The lowest BCUT2D eigenvalue weighted by atomic mass is 9.60. The van der Waals surface area contributed by atoms with E-state index in [4.69, 9.17) is 5.73 Å². The van der Waals surface area contributed by atoms with Gasteiger partial charge in [-0.05, 0) is 44.4 Å². The number of anilines is 1. The molecule has 0 saturated heterocycles. The number of Topliss-reactive ketones (excluding diaryl/α,β-unsaturated/α-hetero) is 2. The Labute approximate surface area is 213 Å². The van der Waals surface area contributed by atoms with Gasteiger partial charge in [0.15, 0.2) is 11.4 Å². The van der Waals surface area contributed by atoms with Crippen molar-refractivity contribution in [2.45, 2.75) is 44.4 Å². The van der Waals surface area contributed by atoms with Crippen molar-refractivity contribution in [3.05, 3.63) is 45.4 Å². The normalized spacial score (nSPS) is 26.1. The van der Waals surface area contributed by atoms with Gasteiger partial charge in [-0.1, -0.05) is 0 Å². The fraction of sp³-hybridized carbons (Fsp3) is 0.500. The summed E-state index contributed by atoms with van der Waals surface area (Å²) in [7, 11) is 5.26. The summed E-state index contributed by atoms with van der Waals surface area (Å²) in [6.45, 7) is 1.23. The van der Waals surface area contributed by atoms with Crippen molar-refractivity contribution >= 4 is 23.2 Å². The van der Waals surface area contributed by atoms with E-state index in [9.17, 15) is 39.2 Å². The minimum atomic E-state index is -2.61. The van der Waals surface area contributed by atoms with Gasteiger partial charge in [0.05, 0.1) is 5.56 Å². The number of hydrogen-bond acceptors (Lipinski definition) is 9. The second-order valence-corrected chi connectivity index (χ2v) is 10.5. The van der Waals surface area contributed by atoms with Crippen molar-refractivity contribution in [2.24, 2.45) is 17.6 Å². The second-order valence-electron chi connectivity index (χ2n) is 10.5. The Morgan fingerprint density at radius 1 is 1.22 bits per heavy atom. The highest BCUT2D eigenvalue weighted by Gasteiger charge is 2.59. The molecule has 1 aromatic rings. The van der Waals surface area contributed by atoms with Crippen LogP contribution in [-0.4, -0.2) is 82.3 Å². The van der Waals surface area contributed by atoms with Crippen LogP contribution in [0.1, 0.15) is 41.3 Å². The molecule has 0 aromatic heterocycles. The van der Waals surface area contributed by atoms with Crippen molar-refractivity contribution in [2.75, 3.05) is 32.7 Å². The van der Waals surface area contributed by atoms with Crippen LogP contribution < -0.4 is 10.6 Å². The molecule has 4 rings (SSSR count). The molecule has 1 unspecified atom stereocenters. The molecular formula is C26H32FN3O7. The zero-order chi connectivity index (χ0) is 27.6. The number of alkyl halides is 1. The van der Waals surface area contributed by atoms with Crippen LogP contribution in [0.3, 0.4) is 0 Å². The van der Waals surface area contributed by atoms with Crippen LogP contribution in [-0.2, 0) is 22.6 Å². The molecule has 1 aromatic carbocycles. The first kappa shape index (κ1) is 26.6. The number of rotatable bonds is 6. The van der Waals surface area contributed by atoms with E-state index in [-0.39, 0.29) is 42.7 Å². The molecule has 11 heteroatoms. The summed E-state index contributed by atoms with van der Waals surface area (Å²) >= 11 is 0. The number of carbonyl (C=O) groups excluding carboxylic acids is 3. The van der Waals surface area contributed by atoms with Gasteiger partial charge in [0, 0.05) is 55.8 Å². The Hall–Kier alpha value is -3.44. The molecule has 3 aliphatic rings. The molecule has 200 valence electrons. The third-order valence-corrected chi connectivity index (χ3v) is 7.99. The maximum Gasteiger partial charge on any atom is 0.255 e. The number of hydrogen-bond donors (Lipinski definition) is 5. The Balaban J connectivity index is 1.89. The summed E-state index contributed by atoms with van der Waals surface area (Å²) in [6.07, 6.45) is 0.000726. The molecule has 0 saturated carbocycles. The fourth-order valence-electron chi connectivity index (χ4n) is 5.78. The smallest absolute Gasteiger partial charge is 0.255 e. The monoisotopic (exact) mass is 517 g/mol. The van der Waals surface area contributed by atoms with Crippen LogP contribution in [0.2, 0.25) is 0 Å². The number of nitrogens with zero attached hydrogens (tertiary/aromatic N) is 2. The number of ketones is 2. The van der Waals surface area contributed by atoms with Crippen molar-refractivity contribution in [3.63, 3.8) is 0 Å². The highest BCUT2D eigenvalue weighted by atomic mass is 19.1. The number of carbonyl (C=O) groups is 3. The van der Waals surface area contributed by atoms with Gasteiger partial charge in [0.2, 0.25) is 5.78 Å². The van der Waals surface area contributed by atoms with Gasteiger partial charge in [0.25, 0.3) is 5.91 Å². The molecule has 37 heavy (non-hydrogen) atoms. The molecule has 1 amide bonds. The molecule has 4 atom stereocenters. The first-order valence-electron chi connectivity index (χ1n) is 12.0. The molecule has 3 aliphatic carbocycles. The van der Waals surface area contributed by atoms with E-state index in [1.54, 1.807) is 43.9 Å². The van der Waals surface area contributed by atoms with E-state index in [1.807, 2.05) is 0 Å². The Morgan fingerprint density at radius 2 is 1.86 bits per heavy atom. The van der Waals surface area contributed by atoms with E-state index in [1.165, 1.54) is 0 Å². The van der Waals surface area contributed by atoms with E-state index < -0.39 is 64.7 Å². The summed E-state index contributed by atoms with van der Waals surface area (Å²) in [6, 6.07) is 1.31. The van der Waals surface area contributed by atoms with Gasteiger partial charge in [0.1, 0.15) is 29.5 Å². The number of aliphatic hydroxyl groups excluding tert-OH is 2. The summed E-state index contributed by atoms with van der Waals surface area (Å²) < 4.78 is 13.2. The number of primary amides is 1. The lowest BCUT2D eigenvalue weighted by molar-refractivity contribution is -0.144. The first-order valence-corrected chi connectivity index (χ1v) is 12.0. The summed E-state index contributed by atoms with van der Waals surface area (Å²) in [5, 5.41) is 44.0. The number of phenolic OH excluding ortho intramolecular Hbond substituents is 1. The maximum atomic E-state index is 13.8. The molecule has 0 bridgehead atoms. The number of allylic oxidation sites excluding steroid dienone is 2. The predicted molar refractivity (Wildman–Crippen MR) is 132 cm³/mol. The lowest BCUT2D eigenvalue weighted by Crippen LogP contribution is -2.57. The number of aromatic hydroxyl groups is 1. The third kappa shape index (κ3) is 3.88. The SMILES string of the molecule is CC(CF)N(C)Cc1cc(N(C)C)c2c(c1O)C(=O)C1=C(O)[C@]3(O)C(=O)C(C(N)=O)=C(O)C[C@@H]3C[C@@H]1C2. The fourth-order valence-corrected chi connectivity index (χ4v) is 5.78. The highest BCUT2D eigenvalue weighted by Crippen LogP contribution is 2.52. The third-order valence-electron chi connectivity index (χ3n) is 7.99. The van der Waals surface area contributed by atoms with Gasteiger partial charge < -0.3 is 31.1 Å². The zero-order valence-electron chi connectivity index (χ0n) is 21.2. The zero-order valence-corrected chi connectivity index (χ0v) is 21.2. The molecule has 0 heterocycles. The minimum Gasteiger partial charge on any atom is -0.511 e. The van der Waals surface area contributed by atoms with E-state index in [2.05, 4.69) is 0 Å². The van der Waals surface area contributed by atoms with Gasteiger partial charge in [-0.25, -0.2) is 4.39 Å². The van der Waals surface area contributed by atoms with Gasteiger partial charge in [-0.2, -0.15) is 0 Å². The van der Waals surface area contributed by atoms with Crippen molar-refractivity contribution in [3.8, 4) is 5.75 Å². The maximum absolute atomic E-state index is 13.8.